The Bertz CT molecular complexity index is 412. The van der Waals surface area contributed by atoms with Crippen molar-refractivity contribution in [2.45, 2.75) is 32.6 Å². The maximum atomic E-state index is 10.6. The van der Waals surface area contributed by atoms with Crippen molar-refractivity contribution in [2.75, 3.05) is 13.2 Å². The van der Waals surface area contributed by atoms with Gasteiger partial charge in [-0.25, -0.2) is 0 Å². The lowest BCUT2D eigenvalue weighted by molar-refractivity contribution is -0.108. The number of carbonyl (C=O) groups excluding carboxylic acids is 1. The van der Waals surface area contributed by atoms with Crippen LogP contribution in [0.4, 0.5) is 0 Å². The smallest absolute Gasteiger partial charge is 0.161 e. The van der Waals surface area contributed by atoms with Crippen molar-refractivity contribution in [1.82, 2.24) is 0 Å². The van der Waals surface area contributed by atoms with Crippen LogP contribution in [0.1, 0.15) is 37.3 Å². The second-order valence-corrected chi connectivity index (χ2v) is 4.35. The Labute approximate surface area is 102 Å². The second-order valence-electron chi connectivity index (χ2n) is 4.35. The highest BCUT2D eigenvalue weighted by Crippen LogP contribution is 2.36. The number of benzene rings is 1. The van der Waals surface area contributed by atoms with Crippen molar-refractivity contribution < 1.29 is 14.3 Å². The predicted octanol–water partition coefficient (Wildman–Crippen LogP) is 2.71. The maximum absolute atomic E-state index is 10.6. The fraction of sp³-hybridized carbons (Fsp3) is 0.500. The van der Waals surface area contributed by atoms with Crippen LogP contribution in [0.25, 0.3) is 0 Å². The standard InChI is InChI=1S/C14H18O3/c1-3-11-8-13-14(17-7-6-16-13)9-12(11)10(2)4-5-15/h5,8-10H,3-4,6-7H2,1-2H3. The maximum Gasteiger partial charge on any atom is 0.161 e. The summed E-state index contributed by atoms with van der Waals surface area (Å²) in [6, 6.07) is 4.08. The minimum absolute atomic E-state index is 0.235. The van der Waals surface area contributed by atoms with Crippen LogP contribution < -0.4 is 9.47 Å². The molecule has 17 heavy (non-hydrogen) atoms. The number of aryl methyl sites for hydroxylation is 1. The molecule has 1 aliphatic rings. The molecule has 3 nitrogen and oxygen atoms in total. The Balaban J connectivity index is 2.39. The molecule has 3 heteroatoms. The minimum Gasteiger partial charge on any atom is -0.486 e. The molecule has 0 aliphatic carbocycles. The zero-order chi connectivity index (χ0) is 12.3. The lowest BCUT2D eigenvalue weighted by atomic mass is 9.91. The Morgan fingerprint density at radius 1 is 1.29 bits per heavy atom. The van der Waals surface area contributed by atoms with Crippen molar-refractivity contribution in [1.29, 1.82) is 0 Å². The van der Waals surface area contributed by atoms with E-state index in [0.717, 1.165) is 24.2 Å². The lowest BCUT2D eigenvalue weighted by Crippen LogP contribution is -2.16. The number of hydrogen-bond acceptors (Lipinski definition) is 3. The van der Waals surface area contributed by atoms with Crippen molar-refractivity contribution >= 4 is 6.29 Å². The summed E-state index contributed by atoms with van der Waals surface area (Å²) in [5, 5.41) is 0. The van der Waals surface area contributed by atoms with Gasteiger partial charge in [-0.2, -0.15) is 0 Å². The highest BCUT2D eigenvalue weighted by atomic mass is 16.6. The number of rotatable bonds is 4. The summed E-state index contributed by atoms with van der Waals surface area (Å²) in [7, 11) is 0. The summed E-state index contributed by atoms with van der Waals surface area (Å²) >= 11 is 0. The van der Waals surface area contributed by atoms with Crippen LogP contribution in [-0.2, 0) is 11.2 Å². The van der Waals surface area contributed by atoms with Gasteiger partial charge in [0, 0.05) is 6.42 Å². The number of fused-ring (bicyclic) bond motifs is 1. The molecular formula is C14H18O3. The first-order valence-corrected chi connectivity index (χ1v) is 6.12. The molecule has 2 rings (SSSR count). The van der Waals surface area contributed by atoms with Crippen LogP contribution in [0.5, 0.6) is 11.5 Å². The van der Waals surface area contributed by atoms with Gasteiger partial charge in [0.2, 0.25) is 0 Å². The summed E-state index contributed by atoms with van der Waals surface area (Å²) in [4.78, 5) is 10.6. The monoisotopic (exact) mass is 234 g/mol. The van der Waals surface area contributed by atoms with E-state index in [-0.39, 0.29) is 5.92 Å². The van der Waals surface area contributed by atoms with Crippen molar-refractivity contribution in [3.8, 4) is 11.5 Å². The third-order valence-corrected chi connectivity index (χ3v) is 3.17. The number of carbonyl (C=O) groups is 1. The molecule has 0 saturated heterocycles. The van der Waals surface area contributed by atoms with E-state index in [0.29, 0.717) is 19.6 Å². The molecular weight excluding hydrogens is 216 g/mol. The first-order valence-electron chi connectivity index (χ1n) is 6.12. The van der Waals surface area contributed by atoms with E-state index < -0.39 is 0 Å². The molecule has 0 aromatic heterocycles. The molecule has 0 saturated carbocycles. The molecule has 0 amide bonds. The van der Waals surface area contributed by atoms with Crippen LogP contribution in [0, 0.1) is 0 Å². The van der Waals surface area contributed by atoms with Gasteiger partial charge in [-0.05, 0) is 35.6 Å². The SMILES string of the molecule is CCc1cc2c(cc1C(C)CC=O)OCCO2. The molecule has 0 fully saturated rings. The highest BCUT2D eigenvalue weighted by Gasteiger charge is 2.17. The van der Waals surface area contributed by atoms with Crippen LogP contribution in [0.3, 0.4) is 0 Å². The molecule has 0 N–H and O–H groups in total. The quantitative estimate of drug-likeness (QED) is 0.751. The molecule has 1 aliphatic heterocycles. The van der Waals surface area contributed by atoms with Gasteiger partial charge in [-0.1, -0.05) is 13.8 Å². The van der Waals surface area contributed by atoms with Crippen LogP contribution >= 0.6 is 0 Å². The second kappa shape index (κ2) is 5.21. The van der Waals surface area contributed by atoms with Crippen molar-refractivity contribution in [3.05, 3.63) is 23.3 Å². The molecule has 0 bridgehead atoms. The zero-order valence-electron chi connectivity index (χ0n) is 10.4. The molecule has 92 valence electrons. The predicted molar refractivity (Wildman–Crippen MR) is 65.9 cm³/mol. The fourth-order valence-electron chi connectivity index (χ4n) is 2.18. The van der Waals surface area contributed by atoms with Gasteiger partial charge in [-0.15, -0.1) is 0 Å². The average Bonchev–Trinajstić information content (AvgIpc) is 2.37. The van der Waals surface area contributed by atoms with Gasteiger partial charge in [0.05, 0.1) is 0 Å². The Morgan fingerprint density at radius 3 is 2.53 bits per heavy atom. The third kappa shape index (κ3) is 2.43. The van der Waals surface area contributed by atoms with E-state index in [2.05, 4.69) is 13.8 Å². The van der Waals surface area contributed by atoms with Crippen LogP contribution in [0.15, 0.2) is 12.1 Å². The van der Waals surface area contributed by atoms with E-state index >= 15 is 0 Å². The van der Waals surface area contributed by atoms with E-state index in [9.17, 15) is 4.79 Å². The van der Waals surface area contributed by atoms with Crippen molar-refractivity contribution in [3.63, 3.8) is 0 Å². The first kappa shape index (κ1) is 12.0. The average molecular weight is 234 g/mol. The zero-order valence-corrected chi connectivity index (χ0v) is 10.4. The van der Waals surface area contributed by atoms with Gasteiger partial charge in [0.1, 0.15) is 19.5 Å². The molecule has 1 unspecified atom stereocenters. The summed E-state index contributed by atoms with van der Waals surface area (Å²) in [6.45, 7) is 5.39. The largest absolute Gasteiger partial charge is 0.486 e. The number of hydrogen-bond donors (Lipinski definition) is 0. The molecule has 0 radical (unpaired) electrons. The number of aldehydes is 1. The summed E-state index contributed by atoms with van der Waals surface area (Å²) in [6.07, 6.45) is 2.46. The van der Waals surface area contributed by atoms with Gasteiger partial charge in [0.25, 0.3) is 0 Å². The van der Waals surface area contributed by atoms with Gasteiger partial charge >= 0.3 is 0 Å². The molecule has 1 aromatic rings. The van der Waals surface area contributed by atoms with E-state index in [1.165, 1.54) is 11.1 Å². The van der Waals surface area contributed by atoms with Crippen LogP contribution in [-0.4, -0.2) is 19.5 Å². The summed E-state index contributed by atoms with van der Waals surface area (Å²) in [5.74, 6) is 1.87. The Morgan fingerprint density at radius 2 is 1.94 bits per heavy atom. The molecule has 1 atom stereocenters. The van der Waals surface area contributed by atoms with E-state index in [1.807, 2.05) is 12.1 Å². The van der Waals surface area contributed by atoms with E-state index in [4.69, 9.17) is 9.47 Å². The first-order chi connectivity index (χ1) is 8.26. The Hall–Kier alpha value is -1.51. The normalized spacial score (nSPS) is 15.4. The fourth-order valence-corrected chi connectivity index (χ4v) is 2.18. The summed E-state index contributed by atoms with van der Waals surface area (Å²) in [5.41, 5.74) is 2.44. The van der Waals surface area contributed by atoms with Crippen LogP contribution in [0.2, 0.25) is 0 Å². The third-order valence-electron chi connectivity index (χ3n) is 3.17. The van der Waals surface area contributed by atoms with Crippen molar-refractivity contribution in [2.24, 2.45) is 0 Å². The Kier molecular flexibility index (Phi) is 3.67. The topological polar surface area (TPSA) is 35.5 Å². The molecule has 0 spiro atoms. The highest BCUT2D eigenvalue weighted by molar-refractivity contribution is 5.54. The lowest BCUT2D eigenvalue weighted by Gasteiger charge is -2.22. The number of ether oxygens (including phenoxy) is 2. The minimum atomic E-state index is 0.235. The van der Waals surface area contributed by atoms with E-state index in [1.54, 1.807) is 0 Å². The summed E-state index contributed by atoms with van der Waals surface area (Å²) < 4.78 is 11.1. The molecule has 1 aromatic carbocycles. The van der Waals surface area contributed by atoms with Gasteiger partial charge in [0.15, 0.2) is 11.5 Å². The molecule has 1 heterocycles. The van der Waals surface area contributed by atoms with Gasteiger partial charge < -0.3 is 14.3 Å². The van der Waals surface area contributed by atoms with Gasteiger partial charge in [-0.3, -0.25) is 0 Å².